The molecule has 0 spiro atoms. The lowest BCUT2D eigenvalue weighted by atomic mass is 10.0. The molecule has 290 valence electrons. The zero-order chi connectivity index (χ0) is 39.8. The Morgan fingerprint density at radius 2 is 1.25 bits per heavy atom. The number of fused-ring (bicyclic) bond motifs is 1. The van der Waals surface area contributed by atoms with Crippen molar-refractivity contribution in [2.45, 2.75) is 90.5 Å². The number of carbonyl (C=O) groups excluding carboxylic acids is 7. The van der Waals surface area contributed by atoms with Crippen molar-refractivity contribution in [3.8, 4) is 0 Å². The van der Waals surface area contributed by atoms with Crippen LogP contribution in [0.15, 0.2) is 30.5 Å². The van der Waals surface area contributed by atoms with Gasteiger partial charge in [0, 0.05) is 36.9 Å². The number of amides is 7. The predicted octanol–water partition coefficient (Wildman–Crippen LogP) is -1.58. The number of aliphatic carboxylic acids is 2. The Hall–Kier alpha value is -6.01. The summed E-state index contributed by atoms with van der Waals surface area (Å²) in [6.45, 7) is 6.44. The second kappa shape index (κ2) is 20.7. The van der Waals surface area contributed by atoms with Crippen LogP contribution < -0.4 is 37.2 Å². The van der Waals surface area contributed by atoms with E-state index in [4.69, 9.17) is 5.11 Å². The van der Waals surface area contributed by atoms with Crippen molar-refractivity contribution in [1.29, 1.82) is 0 Å². The molecule has 0 radical (unpaired) electrons. The summed E-state index contributed by atoms with van der Waals surface area (Å²) in [5.41, 5.74) is 1.47. The highest BCUT2D eigenvalue weighted by Gasteiger charge is 2.31. The van der Waals surface area contributed by atoms with Crippen LogP contribution in [0.2, 0.25) is 0 Å². The lowest BCUT2D eigenvalue weighted by molar-refractivity contribution is -0.142. The number of hydrogen-bond acceptors (Lipinski definition) is 9. The van der Waals surface area contributed by atoms with Crippen LogP contribution >= 0.6 is 0 Å². The first kappa shape index (κ1) is 43.2. The van der Waals surface area contributed by atoms with Gasteiger partial charge in [-0.1, -0.05) is 32.0 Å². The third-order valence-electron chi connectivity index (χ3n) is 7.80. The van der Waals surface area contributed by atoms with Crippen molar-refractivity contribution in [3.63, 3.8) is 0 Å². The molecule has 19 heteroatoms. The standard InChI is InChI=1S/C34H48N8O11/c1-17(2)12-25(33(51)39-19(4)31(49)42-26(34(52)53)13-21-14-36-23-9-7-6-8-22(21)23)41-30(48)18(3)38-32(50)24(10-11-29(46)47)40-28(45)16-37-27(44)15-35-20(5)43/h6-9,14,17-19,24-26,36H,10-13,15-16H2,1-5H3,(H,35,43)(H,37,44)(H,38,50)(H,39,51)(H,40,45)(H,41,48)(H,42,49)(H,46,47)(H,52,53)/t18-,19-,24-,25-,26-/m0/s1. The third kappa shape index (κ3) is 15.0. The number of carboxylic acids is 2. The van der Waals surface area contributed by atoms with Crippen LogP contribution in [-0.2, 0) is 49.6 Å². The van der Waals surface area contributed by atoms with Crippen LogP contribution in [0.5, 0.6) is 0 Å². The summed E-state index contributed by atoms with van der Waals surface area (Å²) in [6, 6.07) is 0.883. The van der Waals surface area contributed by atoms with Gasteiger partial charge in [-0.2, -0.15) is 0 Å². The van der Waals surface area contributed by atoms with E-state index in [-0.39, 0.29) is 25.2 Å². The summed E-state index contributed by atoms with van der Waals surface area (Å²) in [5.74, 6) is -7.91. The summed E-state index contributed by atoms with van der Waals surface area (Å²) in [6.07, 6.45) is 0.874. The quantitative estimate of drug-likeness (QED) is 0.0696. The number of carbonyl (C=O) groups is 9. The molecule has 19 nitrogen and oxygen atoms in total. The molecule has 0 saturated carbocycles. The van der Waals surface area contributed by atoms with E-state index in [0.717, 1.165) is 10.9 Å². The van der Waals surface area contributed by atoms with Crippen LogP contribution in [0.4, 0.5) is 0 Å². The molecule has 5 atom stereocenters. The van der Waals surface area contributed by atoms with Gasteiger partial charge in [0.15, 0.2) is 0 Å². The zero-order valence-electron chi connectivity index (χ0n) is 30.2. The Labute approximate surface area is 305 Å². The molecule has 2 rings (SSSR count). The largest absolute Gasteiger partial charge is 0.481 e. The zero-order valence-corrected chi connectivity index (χ0v) is 30.2. The number of aromatic nitrogens is 1. The van der Waals surface area contributed by atoms with Crippen LogP contribution in [0.25, 0.3) is 10.9 Å². The summed E-state index contributed by atoms with van der Waals surface area (Å²) >= 11 is 0. The van der Waals surface area contributed by atoms with Crippen molar-refractivity contribution in [2.75, 3.05) is 13.1 Å². The maximum atomic E-state index is 13.3. The van der Waals surface area contributed by atoms with Crippen molar-refractivity contribution in [3.05, 3.63) is 36.0 Å². The summed E-state index contributed by atoms with van der Waals surface area (Å²) < 4.78 is 0. The first-order valence-corrected chi connectivity index (χ1v) is 16.9. The molecule has 1 aromatic heterocycles. The highest BCUT2D eigenvalue weighted by atomic mass is 16.4. The van der Waals surface area contributed by atoms with Gasteiger partial charge in [0.1, 0.15) is 30.2 Å². The van der Waals surface area contributed by atoms with E-state index in [1.165, 1.54) is 20.8 Å². The summed E-state index contributed by atoms with van der Waals surface area (Å²) in [5, 5.41) is 36.4. The van der Waals surface area contributed by atoms with Gasteiger partial charge in [0.05, 0.1) is 13.1 Å². The minimum absolute atomic E-state index is 0.0290. The van der Waals surface area contributed by atoms with Crippen LogP contribution in [-0.4, -0.2) is 112 Å². The number of nitrogens with one attached hydrogen (secondary N) is 8. The van der Waals surface area contributed by atoms with Crippen LogP contribution in [0, 0.1) is 5.92 Å². The second-order valence-corrected chi connectivity index (χ2v) is 12.9. The van der Waals surface area contributed by atoms with Crippen molar-refractivity contribution >= 4 is 64.2 Å². The molecule has 0 bridgehead atoms. The fourth-order valence-corrected chi connectivity index (χ4v) is 5.00. The van der Waals surface area contributed by atoms with E-state index in [9.17, 15) is 48.3 Å². The average molecular weight is 745 g/mol. The SMILES string of the molecule is CC(=O)NCC(=O)NCC(=O)N[C@@H](CCC(=O)O)C(=O)N[C@@H](C)C(=O)N[C@@H](CC(C)C)C(=O)N[C@@H](C)C(=O)N[C@@H](Cc1c[nH]c2ccccc12)C(=O)O. The Balaban J connectivity index is 2.02. The van der Waals surface area contributed by atoms with Gasteiger partial charge in [-0.15, -0.1) is 0 Å². The number of aromatic amines is 1. The number of rotatable bonds is 21. The fourth-order valence-electron chi connectivity index (χ4n) is 5.00. The fraction of sp³-hybridized carbons (Fsp3) is 0.500. The first-order chi connectivity index (χ1) is 24.9. The molecular formula is C34H48N8O11. The molecule has 1 aromatic carbocycles. The van der Waals surface area contributed by atoms with E-state index >= 15 is 0 Å². The maximum absolute atomic E-state index is 13.3. The van der Waals surface area contributed by atoms with Crippen molar-refractivity contribution in [1.82, 2.24) is 42.2 Å². The number of benzene rings is 1. The van der Waals surface area contributed by atoms with Gasteiger partial charge >= 0.3 is 11.9 Å². The molecule has 10 N–H and O–H groups in total. The number of para-hydroxylation sites is 1. The highest BCUT2D eigenvalue weighted by Crippen LogP contribution is 2.19. The smallest absolute Gasteiger partial charge is 0.326 e. The van der Waals surface area contributed by atoms with E-state index in [2.05, 4.69) is 42.2 Å². The average Bonchev–Trinajstić information content (AvgIpc) is 3.49. The third-order valence-corrected chi connectivity index (χ3v) is 7.80. The number of H-pyrrole nitrogens is 1. The normalized spacial score (nSPS) is 13.7. The van der Waals surface area contributed by atoms with E-state index in [0.29, 0.717) is 5.56 Å². The lowest BCUT2D eigenvalue weighted by Gasteiger charge is -2.25. The van der Waals surface area contributed by atoms with E-state index in [1.54, 1.807) is 26.1 Å². The van der Waals surface area contributed by atoms with Crippen LogP contribution in [0.1, 0.15) is 59.4 Å². The second-order valence-electron chi connectivity index (χ2n) is 12.9. The molecule has 0 saturated heterocycles. The summed E-state index contributed by atoms with van der Waals surface area (Å²) in [4.78, 5) is 114. The topological polar surface area (TPSA) is 294 Å². The highest BCUT2D eigenvalue weighted by molar-refractivity contribution is 5.96. The van der Waals surface area contributed by atoms with E-state index < -0.39 is 103 Å². The molecular weight excluding hydrogens is 696 g/mol. The number of carboxylic acid groups (broad SMARTS) is 2. The Bertz CT molecular complexity index is 1670. The first-order valence-electron chi connectivity index (χ1n) is 16.9. The van der Waals surface area contributed by atoms with Gasteiger partial charge in [0.2, 0.25) is 41.4 Å². The molecule has 0 aliphatic heterocycles. The summed E-state index contributed by atoms with van der Waals surface area (Å²) in [7, 11) is 0. The predicted molar refractivity (Wildman–Crippen MR) is 189 cm³/mol. The van der Waals surface area contributed by atoms with Gasteiger partial charge in [-0.05, 0) is 44.2 Å². The Morgan fingerprint density at radius 1 is 0.679 bits per heavy atom. The van der Waals surface area contributed by atoms with Gasteiger partial charge < -0.3 is 52.4 Å². The van der Waals surface area contributed by atoms with Crippen molar-refractivity contribution in [2.24, 2.45) is 5.92 Å². The molecule has 0 fully saturated rings. The molecule has 1 heterocycles. The van der Waals surface area contributed by atoms with Crippen LogP contribution in [0.3, 0.4) is 0 Å². The van der Waals surface area contributed by atoms with Gasteiger partial charge in [-0.3, -0.25) is 38.4 Å². The van der Waals surface area contributed by atoms with Gasteiger partial charge in [-0.25, -0.2) is 4.79 Å². The molecule has 7 amide bonds. The van der Waals surface area contributed by atoms with Gasteiger partial charge in [0.25, 0.3) is 0 Å². The minimum atomic E-state index is -1.42. The molecule has 2 aromatic rings. The molecule has 0 aliphatic rings. The number of hydrogen-bond donors (Lipinski definition) is 10. The Kier molecular flexibility index (Phi) is 16.9. The van der Waals surface area contributed by atoms with Crippen molar-refractivity contribution < 1.29 is 53.4 Å². The molecule has 53 heavy (non-hydrogen) atoms. The lowest BCUT2D eigenvalue weighted by Crippen LogP contribution is -2.58. The monoisotopic (exact) mass is 744 g/mol. The molecule has 0 aliphatic carbocycles. The van der Waals surface area contributed by atoms with E-state index in [1.807, 2.05) is 18.2 Å². The Morgan fingerprint density at radius 3 is 1.81 bits per heavy atom. The molecule has 0 unspecified atom stereocenters. The maximum Gasteiger partial charge on any atom is 0.326 e. The minimum Gasteiger partial charge on any atom is -0.481 e.